The van der Waals surface area contributed by atoms with Gasteiger partial charge < -0.3 is 24.3 Å². The number of fused-ring (bicyclic) bond motifs is 1. The standard InChI is InChI=1S/C28H33NO5/c1-18-4-5-21(19(2)27(18)20-8-10-28(11-9-20)33-12-13-34-28)16-29-23-6-7-24-22(14-26(30)31-3)17-32-25(24)15-23/h4-8,15,22,29H,9-14,16-17H2,1-3H3/t22-/m1/s1. The summed E-state index contributed by atoms with van der Waals surface area (Å²) in [4.78, 5) is 11.7. The lowest BCUT2D eigenvalue weighted by Gasteiger charge is -2.31. The third-order valence-electron chi connectivity index (χ3n) is 7.37. The number of esters is 1. The van der Waals surface area contributed by atoms with E-state index in [-0.39, 0.29) is 11.9 Å². The Hall–Kier alpha value is -2.83. The van der Waals surface area contributed by atoms with Gasteiger partial charge in [-0.3, -0.25) is 4.79 Å². The highest BCUT2D eigenvalue weighted by Gasteiger charge is 2.38. The van der Waals surface area contributed by atoms with Crippen molar-refractivity contribution in [3.8, 4) is 5.75 Å². The fourth-order valence-electron chi connectivity index (χ4n) is 5.41. The van der Waals surface area contributed by atoms with Gasteiger partial charge in [-0.25, -0.2) is 0 Å². The first-order valence-corrected chi connectivity index (χ1v) is 12.1. The van der Waals surface area contributed by atoms with Gasteiger partial charge in [0.15, 0.2) is 5.79 Å². The summed E-state index contributed by atoms with van der Waals surface area (Å²) in [5, 5.41) is 3.56. The Kier molecular flexibility index (Phi) is 6.36. The minimum atomic E-state index is -0.393. The molecule has 0 amide bonds. The molecule has 1 spiro atoms. The summed E-state index contributed by atoms with van der Waals surface area (Å²) in [7, 11) is 1.42. The topological polar surface area (TPSA) is 66.0 Å². The van der Waals surface area contributed by atoms with Crippen LogP contribution in [0.1, 0.15) is 59.4 Å². The van der Waals surface area contributed by atoms with Crippen LogP contribution in [0.5, 0.6) is 5.75 Å². The molecule has 2 aliphatic heterocycles. The Morgan fingerprint density at radius 2 is 2.00 bits per heavy atom. The second-order valence-electron chi connectivity index (χ2n) is 9.48. The van der Waals surface area contributed by atoms with E-state index in [2.05, 4.69) is 49.5 Å². The minimum Gasteiger partial charge on any atom is -0.493 e. The highest BCUT2D eigenvalue weighted by atomic mass is 16.7. The number of ether oxygens (including phenoxy) is 4. The number of rotatable bonds is 6. The van der Waals surface area contributed by atoms with Crippen LogP contribution in [0, 0.1) is 13.8 Å². The van der Waals surface area contributed by atoms with Gasteiger partial charge in [0.2, 0.25) is 0 Å². The SMILES string of the molecule is COC(=O)C[C@@H]1COc2cc(NCc3ccc(C)c(C4=CCC5(CC4)OCCO5)c3C)ccc21. The number of benzene rings is 2. The molecule has 1 aliphatic carbocycles. The fourth-order valence-corrected chi connectivity index (χ4v) is 5.41. The lowest BCUT2D eigenvalue weighted by Crippen LogP contribution is -2.31. The van der Waals surface area contributed by atoms with Crippen LogP contribution in [-0.4, -0.2) is 38.7 Å². The molecule has 1 saturated heterocycles. The van der Waals surface area contributed by atoms with Crippen LogP contribution in [-0.2, 0) is 25.5 Å². The van der Waals surface area contributed by atoms with Gasteiger partial charge in [-0.15, -0.1) is 0 Å². The maximum atomic E-state index is 11.7. The van der Waals surface area contributed by atoms with Crippen molar-refractivity contribution < 1.29 is 23.7 Å². The zero-order chi connectivity index (χ0) is 23.7. The van der Waals surface area contributed by atoms with E-state index in [1.165, 1.54) is 34.9 Å². The molecule has 1 atom stereocenters. The van der Waals surface area contributed by atoms with Crippen LogP contribution < -0.4 is 10.1 Å². The van der Waals surface area contributed by atoms with Gasteiger partial charge >= 0.3 is 5.97 Å². The molecule has 0 bridgehead atoms. The van der Waals surface area contributed by atoms with E-state index < -0.39 is 5.79 Å². The monoisotopic (exact) mass is 463 g/mol. The Morgan fingerprint density at radius 3 is 2.74 bits per heavy atom. The summed E-state index contributed by atoms with van der Waals surface area (Å²) >= 11 is 0. The fraction of sp³-hybridized carbons (Fsp3) is 0.464. The first-order chi connectivity index (χ1) is 16.5. The molecule has 0 radical (unpaired) electrons. The van der Waals surface area contributed by atoms with Gasteiger partial charge in [0, 0.05) is 42.6 Å². The summed E-state index contributed by atoms with van der Waals surface area (Å²) in [6, 6.07) is 10.6. The minimum absolute atomic E-state index is 0.0568. The number of carbonyl (C=O) groups is 1. The van der Waals surface area contributed by atoms with Crippen molar-refractivity contribution in [2.75, 3.05) is 32.2 Å². The second kappa shape index (κ2) is 9.43. The summed E-state index contributed by atoms with van der Waals surface area (Å²) in [6.45, 7) is 7.05. The molecular formula is C28H33NO5. The zero-order valence-electron chi connectivity index (χ0n) is 20.2. The summed E-state index contributed by atoms with van der Waals surface area (Å²) < 4.78 is 22.4. The predicted molar refractivity (Wildman–Crippen MR) is 131 cm³/mol. The van der Waals surface area contributed by atoms with Crippen LogP contribution in [0.2, 0.25) is 0 Å². The third-order valence-corrected chi connectivity index (χ3v) is 7.37. The summed E-state index contributed by atoms with van der Waals surface area (Å²) in [5.74, 6) is 0.302. The lowest BCUT2D eigenvalue weighted by atomic mass is 9.84. The summed E-state index contributed by atoms with van der Waals surface area (Å²) in [5.41, 5.74) is 8.73. The first-order valence-electron chi connectivity index (χ1n) is 12.1. The van der Waals surface area contributed by atoms with Crippen LogP contribution in [0.4, 0.5) is 5.69 Å². The van der Waals surface area contributed by atoms with Gasteiger partial charge in [-0.05, 0) is 54.2 Å². The van der Waals surface area contributed by atoms with Crippen molar-refractivity contribution in [1.29, 1.82) is 0 Å². The predicted octanol–water partition coefficient (Wildman–Crippen LogP) is 5.27. The van der Waals surface area contributed by atoms with Gasteiger partial charge in [0.1, 0.15) is 5.75 Å². The molecule has 0 aromatic heterocycles. The van der Waals surface area contributed by atoms with E-state index >= 15 is 0 Å². The maximum Gasteiger partial charge on any atom is 0.306 e. The number of hydrogen-bond donors (Lipinski definition) is 1. The van der Waals surface area contributed by atoms with Gasteiger partial charge in [0.05, 0.1) is 33.4 Å². The van der Waals surface area contributed by atoms with Gasteiger partial charge in [-0.2, -0.15) is 0 Å². The molecule has 0 saturated carbocycles. The normalized spacial score (nSPS) is 20.6. The molecule has 1 fully saturated rings. The number of nitrogens with one attached hydrogen (secondary N) is 1. The Bertz CT molecular complexity index is 1120. The van der Waals surface area contributed by atoms with E-state index in [0.29, 0.717) is 26.2 Å². The van der Waals surface area contributed by atoms with Crippen LogP contribution in [0.15, 0.2) is 36.4 Å². The summed E-state index contributed by atoms with van der Waals surface area (Å²) in [6.07, 6.45) is 5.34. The molecule has 5 rings (SSSR count). The molecule has 1 N–H and O–H groups in total. The molecule has 2 aromatic carbocycles. The molecule has 3 aliphatic rings. The quantitative estimate of drug-likeness (QED) is 0.589. The number of methoxy groups -OCH3 is 1. The Balaban J connectivity index is 1.29. The van der Waals surface area contributed by atoms with Crippen molar-refractivity contribution in [3.63, 3.8) is 0 Å². The highest BCUT2D eigenvalue weighted by molar-refractivity contribution is 5.73. The molecule has 0 unspecified atom stereocenters. The van der Waals surface area contributed by atoms with Crippen molar-refractivity contribution in [2.45, 2.75) is 57.8 Å². The van der Waals surface area contributed by atoms with Crippen molar-refractivity contribution in [2.24, 2.45) is 0 Å². The van der Waals surface area contributed by atoms with Crippen molar-refractivity contribution >= 4 is 17.2 Å². The average molecular weight is 464 g/mol. The molecular weight excluding hydrogens is 430 g/mol. The van der Waals surface area contributed by atoms with Gasteiger partial charge in [-0.1, -0.05) is 24.3 Å². The number of allylic oxidation sites excluding steroid dienone is 1. The second-order valence-corrected chi connectivity index (χ2v) is 9.48. The number of carbonyl (C=O) groups excluding carboxylic acids is 1. The first kappa shape index (κ1) is 22.9. The van der Waals surface area contributed by atoms with E-state index in [1.54, 1.807) is 0 Å². The van der Waals surface area contributed by atoms with Crippen molar-refractivity contribution in [3.05, 3.63) is 64.2 Å². The molecule has 6 heteroatoms. The largest absolute Gasteiger partial charge is 0.493 e. The van der Waals surface area contributed by atoms with E-state index in [0.717, 1.165) is 42.8 Å². The number of aryl methyl sites for hydroxylation is 1. The average Bonchev–Trinajstić information content (AvgIpc) is 3.47. The molecule has 34 heavy (non-hydrogen) atoms. The Labute approximate surface area is 201 Å². The third kappa shape index (κ3) is 4.44. The molecule has 2 aromatic rings. The van der Waals surface area contributed by atoms with E-state index in [1.807, 2.05) is 6.07 Å². The molecule has 180 valence electrons. The van der Waals surface area contributed by atoms with Crippen LogP contribution in [0.3, 0.4) is 0 Å². The Morgan fingerprint density at radius 1 is 1.18 bits per heavy atom. The highest BCUT2D eigenvalue weighted by Crippen LogP contribution is 2.41. The van der Waals surface area contributed by atoms with Crippen molar-refractivity contribution in [1.82, 2.24) is 0 Å². The zero-order valence-corrected chi connectivity index (χ0v) is 20.2. The van der Waals surface area contributed by atoms with Gasteiger partial charge in [0.25, 0.3) is 0 Å². The van der Waals surface area contributed by atoms with E-state index in [4.69, 9.17) is 18.9 Å². The van der Waals surface area contributed by atoms with Crippen LogP contribution in [0.25, 0.3) is 5.57 Å². The van der Waals surface area contributed by atoms with Crippen LogP contribution >= 0.6 is 0 Å². The molecule has 2 heterocycles. The maximum absolute atomic E-state index is 11.7. The smallest absolute Gasteiger partial charge is 0.306 e. The number of hydrogen-bond acceptors (Lipinski definition) is 6. The number of anilines is 1. The molecule has 6 nitrogen and oxygen atoms in total. The van der Waals surface area contributed by atoms with E-state index in [9.17, 15) is 4.79 Å². The lowest BCUT2D eigenvalue weighted by molar-refractivity contribution is -0.159.